The Labute approximate surface area is 166 Å². The maximum Gasteiger partial charge on any atom is 0.161 e. The van der Waals surface area contributed by atoms with Gasteiger partial charge in [0.2, 0.25) is 0 Å². The van der Waals surface area contributed by atoms with Crippen LogP contribution < -0.4 is 0 Å². The minimum atomic E-state index is -0.903. The fourth-order valence-electron chi connectivity index (χ4n) is 3.97. The number of hydrogen-bond donors (Lipinski definition) is 2. The maximum absolute atomic E-state index is 10.6. The van der Waals surface area contributed by atoms with Gasteiger partial charge >= 0.3 is 0 Å². The Balaban J connectivity index is 1.58. The highest BCUT2D eigenvalue weighted by Gasteiger charge is 2.49. The molecule has 28 heavy (non-hydrogen) atoms. The van der Waals surface area contributed by atoms with Crippen LogP contribution in [0, 0.1) is 0 Å². The zero-order valence-electron chi connectivity index (χ0n) is 17.0. The summed E-state index contributed by atoms with van der Waals surface area (Å²) in [6, 6.07) is 9.82. The van der Waals surface area contributed by atoms with Crippen LogP contribution in [-0.2, 0) is 30.3 Å². The van der Waals surface area contributed by atoms with E-state index in [1.165, 1.54) is 0 Å². The molecule has 2 aliphatic heterocycles. The number of methoxy groups -OCH3 is 1. The topological polar surface area (TPSA) is 86.6 Å². The van der Waals surface area contributed by atoms with Gasteiger partial charge in [0.05, 0.1) is 24.9 Å². The summed E-state index contributed by atoms with van der Waals surface area (Å²) >= 11 is 0. The molecule has 0 spiro atoms. The maximum atomic E-state index is 10.6. The molecule has 0 unspecified atom stereocenters. The Morgan fingerprint density at radius 2 is 1.75 bits per heavy atom. The van der Waals surface area contributed by atoms with Crippen LogP contribution in [-0.4, -0.2) is 66.0 Å². The fourth-order valence-corrected chi connectivity index (χ4v) is 3.97. The molecule has 7 nitrogen and oxygen atoms in total. The summed E-state index contributed by atoms with van der Waals surface area (Å²) in [5.74, 6) is 0. The van der Waals surface area contributed by atoms with Gasteiger partial charge in [-0.25, -0.2) is 0 Å². The molecule has 1 aromatic rings. The Hall–Kier alpha value is -1.06. The minimum Gasteiger partial charge on any atom is -0.390 e. The average Bonchev–Trinajstić information content (AvgIpc) is 2.66. The van der Waals surface area contributed by atoms with Crippen molar-refractivity contribution >= 4 is 0 Å². The van der Waals surface area contributed by atoms with Crippen LogP contribution in [0.5, 0.6) is 0 Å². The van der Waals surface area contributed by atoms with Gasteiger partial charge in [-0.1, -0.05) is 30.3 Å². The zero-order valence-corrected chi connectivity index (χ0v) is 17.0. The molecule has 0 saturated carbocycles. The molecule has 3 rings (SSSR count). The molecule has 2 aliphatic rings. The molecule has 2 heterocycles. The first-order chi connectivity index (χ1) is 13.3. The van der Waals surface area contributed by atoms with Gasteiger partial charge in [-0.2, -0.15) is 0 Å². The van der Waals surface area contributed by atoms with E-state index < -0.39 is 42.6 Å². The van der Waals surface area contributed by atoms with Gasteiger partial charge in [0.25, 0.3) is 0 Å². The summed E-state index contributed by atoms with van der Waals surface area (Å²) in [6.07, 6.45) is -3.27. The molecule has 1 aromatic carbocycles. The lowest BCUT2D eigenvalue weighted by Crippen LogP contribution is -2.59. The molecule has 0 aromatic heterocycles. The number of aliphatic hydroxyl groups is 2. The number of rotatable bonds is 6. The molecule has 0 amide bonds. The van der Waals surface area contributed by atoms with Crippen molar-refractivity contribution in [1.82, 2.24) is 0 Å². The summed E-state index contributed by atoms with van der Waals surface area (Å²) < 4.78 is 28.9. The Morgan fingerprint density at radius 1 is 1.07 bits per heavy atom. The van der Waals surface area contributed by atoms with E-state index in [-0.39, 0.29) is 12.5 Å². The molecule has 8 atom stereocenters. The lowest BCUT2D eigenvalue weighted by atomic mass is 9.88. The molecule has 2 fully saturated rings. The Kier molecular flexibility index (Phi) is 7.09. The predicted molar refractivity (Wildman–Crippen MR) is 101 cm³/mol. The molecular weight excluding hydrogens is 364 g/mol. The fraction of sp³-hybridized carbons (Fsp3) is 0.714. The minimum absolute atomic E-state index is 0.263. The number of ether oxygens (including phenoxy) is 5. The third-order valence-electron chi connectivity index (χ3n) is 5.60. The van der Waals surface area contributed by atoms with Crippen LogP contribution >= 0.6 is 0 Å². The lowest BCUT2D eigenvalue weighted by Gasteiger charge is -2.47. The first-order valence-electron chi connectivity index (χ1n) is 9.85. The van der Waals surface area contributed by atoms with Crippen molar-refractivity contribution in [2.75, 3.05) is 7.11 Å². The second-order valence-electron chi connectivity index (χ2n) is 7.92. The molecule has 158 valence electrons. The zero-order chi connectivity index (χ0) is 20.3. The number of benzene rings is 1. The van der Waals surface area contributed by atoms with Crippen molar-refractivity contribution in [3.8, 4) is 0 Å². The molecule has 7 heteroatoms. The first-order valence-corrected chi connectivity index (χ1v) is 9.85. The van der Waals surface area contributed by atoms with Crippen molar-refractivity contribution < 1.29 is 33.9 Å². The number of aliphatic hydroxyl groups excluding tert-OH is 2. The average molecular weight is 396 g/mol. The van der Waals surface area contributed by atoms with Crippen molar-refractivity contribution in [1.29, 1.82) is 0 Å². The molecule has 2 saturated heterocycles. The highest BCUT2D eigenvalue weighted by molar-refractivity contribution is 5.13. The normalized spacial score (nSPS) is 41.7. The van der Waals surface area contributed by atoms with Gasteiger partial charge in [0.1, 0.15) is 17.8 Å². The van der Waals surface area contributed by atoms with Crippen LogP contribution in [0.1, 0.15) is 39.2 Å². The summed E-state index contributed by atoms with van der Waals surface area (Å²) in [5, 5.41) is 21.2. The molecule has 0 radical (unpaired) electrons. The SMILES string of the molecule is CO[C@H]1C[C@](C)(O[C@H]2C[C@@H](O)[C@H](OCc3ccccc3)[C@@H](C)O2)[C@@H](O)[C@H](C)O1. The van der Waals surface area contributed by atoms with E-state index in [1.807, 2.05) is 44.2 Å². The van der Waals surface area contributed by atoms with Crippen molar-refractivity contribution in [3.05, 3.63) is 35.9 Å². The first kappa shape index (κ1) is 21.6. The molecule has 0 aliphatic carbocycles. The Bertz CT molecular complexity index is 600. The summed E-state index contributed by atoms with van der Waals surface area (Å²) in [5.41, 5.74) is 0.137. The quantitative estimate of drug-likeness (QED) is 0.760. The lowest BCUT2D eigenvalue weighted by molar-refractivity contribution is -0.336. The molecule has 0 bridgehead atoms. The van der Waals surface area contributed by atoms with Gasteiger partial charge in [-0.3, -0.25) is 0 Å². The van der Waals surface area contributed by atoms with Crippen LogP contribution in [0.3, 0.4) is 0 Å². The van der Waals surface area contributed by atoms with E-state index in [9.17, 15) is 10.2 Å². The van der Waals surface area contributed by atoms with Gasteiger partial charge in [0, 0.05) is 20.0 Å². The second kappa shape index (κ2) is 9.17. The summed E-state index contributed by atoms with van der Waals surface area (Å²) in [7, 11) is 1.56. The Morgan fingerprint density at radius 3 is 2.39 bits per heavy atom. The highest BCUT2D eigenvalue weighted by Crippen LogP contribution is 2.36. The van der Waals surface area contributed by atoms with E-state index in [0.717, 1.165) is 5.56 Å². The largest absolute Gasteiger partial charge is 0.390 e. The highest BCUT2D eigenvalue weighted by atomic mass is 16.7. The summed E-state index contributed by atoms with van der Waals surface area (Å²) in [4.78, 5) is 0. The van der Waals surface area contributed by atoms with E-state index in [1.54, 1.807) is 14.0 Å². The smallest absolute Gasteiger partial charge is 0.161 e. The summed E-state index contributed by atoms with van der Waals surface area (Å²) in [6.45, 7) is 5.87. The van der Waals surface area contributed by atoms with E-state index in [2.05, 4.69) is 0 Å². The monoisotopic (exact) mass is 396 g/mol. The number of hydrogen-bond acceptors (Lipinski definition) is 7. The van der Waals surface area contributed by atoms with Gasteiger partial charge < -0.3 is 33.9 Å². The van der Waals surface area contributed by atoms with Crippen LogP contribution in [0.15, 0.2) is 30.3 Å². The van der Waals surface area contributed by atoms with E-state index in [0.29, 0.717) is 13.0 Å². The van der Waals surface area contributed by atoms with Crippen molar-refractivity contribution in [2.24, 2.45) is 0 Å². The van der Waals surface area contributed by atoms with Crippen LogP contribution in [0.4, 0.5) is 0 Å². The van der Waals surface area contributed by atoms with Gasteiger partial charge in [0.15, 0.2) is 12.6 Å². The molecule has 2 N–H and O–H groups in total. The predicted octanol–water partition coefficient (Wildman–Crippen LogP) is 1.99. The third-order valence-corrected chi connectivity index (χ3v) is 5.60. The van der Waals surface area contributed by atoms with Crippen molar-refractivity contribution in [3.63, 3.8) is 0 Å². The second-order valence-corrected chi connectivity index (χ2v) is 7.92. The van der Waals surface area contributed by atoms with Crippen LogP contribution in [0.25, 0.3) is 0 Å². The van der Waals surface area contributed by atoms with Crippen molar-refractivity contribution in [2.45, 2.75) is 88.9 Å². The third kappa shape index (κ3) is 4.91. The van der Waals surface area contributed by atoms with Gasteiger partial charge in [-0.15, -0.1) is 0 Å². The van der Waals surface area contributed by atoms with E-state index in [4.69, 9.17) is 23.7 Å². The molecular formula is C21H32O7. The van der Waals surface area contributed by atoms with Crippen LogP contribution in [0.2, 0.25) is 0 Å². The standard InChI is InChI=1S/C21H32O7/c1-13-19(25-12-15-8-6-5-7-9-15)16(22)10-17(26-13)28-21(3)11-18(24-4)27-14(2)20(21)23/h5-9,13-14,16-20,22-23H,10-12H2,1-4H3/t13-,14+,16-,17+,18-,19-,20+,21+/m1/s1. The van der Waals surface area contributed by atoms with Gasteiger partial charge in [-0.05, 0) is 26.3 Å². The van der Waals surface area contributed by atoms with E-state index >= 15 is 0 Å².